The maximum Gasteiger partial charge on any atom is 0.243 e. The summed E-state index contributed by atoms with van der Waals surface area (Å²) in [6.45, 7) is 0.348. The summed E-state index contributed by atoms with van der Waals surface area (Å²) >= 11 is 1.18. The first-order valence-electron chi connectivity index (χ1n) is 2.63. The molecule has 4 nitrogen and oxygen atoms in total. The van der Waals surface area contributed by atoms with E-state index in [-0.39, 0.29) is 0 Å². The van der Waals surface area contributed by atoms with Crippen LogP contribution in [0, 0.1) is 0 Å². The largest absolute Gasteiger partial charge is 0.243 e. The molecule has 1 aliphatic rings. The number of aromatic nitrogens is 1. The van der Waals surface area contributed by atoms with Gasteiger partial charge in [0, 0.05) is 5.38 Å². The highest BCUT2D eigenvalue weighted by atomic mass is 32.2. The Labute approximate surface area is 62.1 Å². The molecule has 10 heavy (non-hydrogen) atoms. The summed E-state index contributed by atoms with van der Waals surface area (Å²) < 4.78 is 28.2. The van der Waals surface area contributed by atoms with Crippen molar-refractivity contribution in [3.05, 3.63) is 11.1 Å². The number of rotatable bonds is 0. The van der Waals surface area contributed by atoms with Gasteiger partial charge in [0.2, 0.25) is 10.0 Å². The second-order valence-corrected chi connectivity index (χ2v) is 4.31. The summed E-state index contributed by atoms with van der Waals surface area (Å²) in [7, 11) is -3.16. The zero-order valence-electron chi connectivity index (χ0n) is 4.86. The van der Waals surface area contributed by atoms with Gasteiger partial charge in [-0.15, -0.1) is 0 Å². The van der Waals surface area contributed by atoms with Gasteiger partial charge in [0.15, 0.2) is 0 Å². The van der Waals surface area contributed by atoms with Crippen molar-refractivity contribution in [3.63, 3.8) is 0 Å². The van der Waals surface area contributed by atoms with Crippen molar-refractivity contribution in [3.8, 4) is 0 Å². The van der Waals surface area contributed by atoms with Crippen molar-refractivity contribution in [2.24, 2.45) is 0 Å². The molecule has 1 N–H and O–H groups in total. The predicted molar refractivity (Wildman–Crippen MR) is 36.1 cm³/mol. The van der Waals surface area contributed by atoms with Gasteiger partial charge in [0.05, 0.1) is 12.2 Å². The third-order valence-corrected chi connectivity index (χ3v) is 3.60. The first kappa shape index (κ1) is 6.26. The number of sulfonamides is 1. The Morgan fingerprint density at radius 3 is 3.20 bits per heavy atom. The lowest BCUT2D eigenvalue weighted by molar-refractivity contribution is 0.590. The zero-order valence-corrected chi connectivity index (χ0v) is 6.50. The zero-order chi connectivity index (χ0) is 7.19. The van der Waals surface area contributed by atoms with Crippen LogP contribution in [0.4, 0.5) is 0 Å². The van der Waals surface area contributed by atoms with Gasteiger partial charge in [-0.2, -0.15) is 4.37 Å². The van der Waals surface area contributed by atoms with Gasteiger partial charge in [0.1, 0.15) is 4.90 Å². The lowest BCUT2D eigenvalue weighted by Gasteiger charge is -1.87. The van der Waals surface area contributed by atoms with Crippen molar-refractivity contribution in [2.45, 2.75) is 11.4 Å². The van der Waals surface area contributed by atoms with Gasteiger partial charge in [0.25, 0.3) is 0 Å². The van der Waals surface area contributed by atoms with Gasteiger partial charge >= 0.3 is 0 Å². The van der Waals surface area contributed by atoms with Crippen LogP contribution >= 0.6 is 11.5 Å². The van der Waals surface area contributed by atoms with Gasteiger partial charge in [-0.3, -0.25) is 0 Å². The Kier molecular flexibility index (Phi) is 1.11. The number of hydrogen-bond donors (Lipinski definition) is 1. The molecule has 6 heteroatoms. The molecular formula is C4H4N2O2S2. The number of hydrogen-bond acceptors (Lipinski definition) is 4. The highest BCUT2D eigenvalue weighted by Gasteiger charge is 2.27. The van der Waals surface area contributed by atoms with Gasteiger partial charge in [-0.25, -0.2) is 13.1 Å². The van der Waals surface area contributed by atoms with E-state index >= 15 is 0 Å². The van der Waals surface area contributed by atoms with Crippen molar-refractivity contribution in [1.29, 1.82) is 0 Å². The number of nitrogens with zero attached hydrogens (tertiary/aromatic N) is 1. The summed E-state index contributed by atoms with van der Waals surface area (Å²) in [4.78, 5) is 0.345. The fourth-order valence-electron chi connectivity index (χ4n) is 0.830. The Bertz CT molecular complexity index is 353. The Morgan fingerprint density at radius 1 is 1.70 bits per heavy atom. The SMILES string of the molecule is O=S1(=O)NCc2nscc21. The van der Waals surface area contributed by atoms with Crippen LogP contribution in [-0.2, 0) is 16.6 Å². The van der Waals surface area contributed by atoms with Crippen LogP contribution in [-0.4, -0.2) is 12.8 Å². The van der Waals surface area contributed by atoms with E-state index in [4.69, 9.17) is 0 Å². The van der Waals surface area contributed by atoms with E-state index < -0.39 is 10.0 Å². The van der Waals surface area contributed by atoms with E-state index in [2.05, 4.69) is 9.10 Å². The van der Waals surface area contributed by atoms with Crippen LogP contribution < -0.4 is 4.72 Å². The quantitative estimate of drug-likeness (QED) is 0.602. The van der Waals surface area contributed by atoms with Crippen LogP contribution in [0.15, 0.2) is 10.3 Å². The molecule has 0 atom stereocenters. The topological polar surface area (TPSA) is 59.1 Å². The van der Waals surface area contributed by atoms with E-state index in [0.29, 0.717) is 17.1 Å². The summed E-state index contributed by atoms with van der Waals surface area (Å²) in [6, 6.07) is 0. The Hall–Kier alpha value is -0.460. The lowest BCUT2D eigenvalue weighted by atomic mass is 10.4. The maximum atomic E-state index is 11.0. The maximum absolute atomic E-state index is 11.0. The number of fused-ring (bicyclic) bond motifs is 1. The summed E-state index contributed by atoms with van der Waals surface area (Å²) in [5.41, 5.74) is 0.644. The standard InChI is InChI=1S/C4H4N2O2S2/c7-10(8)4-2-9-6-3(4)1-5-10/h2,5H,1H2. The van der Waals surface area contributed by atoms with E-state index in [1.54, 1.807) is 5.38 Å². The monoisotopic (exact) mass is 176 g/mol. The van der Waals surface area contributed by atoms with Crippen LogP contribution in [0.5, 0.6) is 0 Å². The molecular weight excluding hydrogens is 172 g/mol. The van der Waals surface area contributed by atoms with Gasteiger partial charge in [-0.05, 0) is 11.5 Å². The molecule has 0 fully saturated rings. The fourth-order valence-corrected chi connectivity index (χ4v) is 3.01. The van der Waals surface area contributed by atoms with E-state index in [0.717, 1.165) is 0 Å². The average Bonchev–Trinajstić information content (AvgIpc) is 2.36. The van der Waals surface area contributed by atoms with E-state index in [1.165, 1.54) is 11.5 Å². The fraction of sp³-hybridized carbons (Fsp3) is 0.250. The van der Waals surface area contributed by atoms with Gasteiger partial charge in [-0.1, -0.05) is 0 Å². The molecule has 1 aromatic heterocycles. The minimum Gasteiger partial charge on any atom is -0.207 e. The molecule has 0 spiro atoms. The summed E-state index contributed by atoms with van der Waals surface area (Å²) in [5, 5.41) is 1.55. The highest BCUT2D eigenvalue weighted by Crippen LogP contribution is 2.21. The molecule has 54 valence electrons. The molecule has 0 amide bonds. The van der Waals surface area contributed by atoms with Crippen molar-refractivity contribution < 1.29 is 8.42 Å². The molecule has 1 aliphatic heterocycles. The third kappa shape index (κ3) is 0.695. The molecule has 0 saturated heterocycles. The molecule has 0 saturated carbocycles. The van der Waals surface area contributed by atoms with Crippen LogP contribution in [0.25, 0.3) is 0 Å². The third-order valence-electron chi connectivity index (χ3n) is 1.33. The van der Waals surface area contributed by atoms with Crippen molar-refractivity contribution in [2.75, 3.05) is 0 Å². The Morgan fingerprint density at radius 2 is 2.50 bits per heavy atom. The van der Waals surface area contributed by atoms with Crippen molar-refractivity contribution in [1.82, 2.24) is 9.10 Å². The first-order chi connectivity index (χ1) is 4.70. The van der Waals surface area contributed by atoms with E-state index in [1.807, 2.05) is 0 Å². The smallest absolute Gasteiger partial charge is 0.207 e. The molecule has 1 aromatic rings. The summed E-state index contributed by atoms with van der Waals surface area (Å²) in [5.74, 6) is 0. The molecule has 0 unspecified atom stereocenters. The van der Waals surface area contributed by atoms with E-state index in [9.17, 15) is 8.42 Å². The number of nitrogens with one attached hydrogen (secondary N) is 1. The molecule has 0 aromatic carbocycles. The average molecular weight is 176 g/mol. The van der Waals surface area contributed by atoms with Crippen LogP contribution in [0.2, 0.25) is 0 Å². The first-order valence-corrected chi connectivity index (χ1v) is 4.95. The Balaban J connectivity index is 2.76. The second-order valence-electron chi connectivity index (χ2n) is 1.95. The van der Waals surface area contributed by atoms with Gasteiger partial charge < -0.3 is 0 Å². The van der Waals surface area contributed by atoms with Crippen molar-refractivity contribution >= 4 is 21.6 Å². The summed E-state index contributed by atoms with van der Waals surface area (Å²) in [6.07, 6.45) is 0. The molecule has 2 heterocycles. The lowest BCUT2D eigenvalue weighted by Crippen LogP contribution is -2.13. The normalized spacial score (nSPS) is 20.8. The minimum atomic E-state index is -3.16. The predicted octanol–water partition coefficient (Wildman–Crippen LogP) is -0.0650. The molecule has 0 radical (unpaired) electrons. The minimum absolute atomic E-state index is 0.345. The molecule has 0 aliphatic carbocycles. The molecule has 0 bridgehead atoms. The van der Waals surface area contributed by atoms with Crippen LogP contribution in [0.3, 0.4) is 0 Å². The second kappa shape index (κ2) is 1.77. The highest BCUT2D eigenvalue weighted by molar-refractivity contribution is 7.89. The molecule has 2 rings (SSSR count). The van der Waals surface area contributed by atoms with Crippen LogP contribution in [0.1, 0.15) is 5.69 Å².